The zero-order valence-electron chi connectivity index (χ0n) is 29.2. The average molecular weight is 697 g/mol. The van der Waals surface area contributed by atoms with Crippen LogP contribution in [0.1, 0.15) is 25.0 Å². The van der Waals surface area contributed by atoms with Crippen LogP contribution in [0.5, 0.6) is 0 Å². The predicted octanol–water partition coefficient (Wildman–Crippen LogP) is 12.6. The molecule has 3 heterocycles. The molecule has 1 aliphatic carbocycles. The van der Waals surface area contributed by atoms with Gasteiger partial charge in [-0.2, -0.15) is 0 Å². The molecule has 7 aromatic carbocycles. The third kappa shape index (κ3) is 4.38. The van der Waals surface area contributed by atoms with Crippen molar-refractivity contribution in [3.63, 3.8) is 0 Å². The van der Waals surface area contributed by atoms with E-state index < -0.39 is 0 Å². The summed E-state index contributed by atoms with van der Waals surface area (Å²) >= 11 is 1.84. The second-order valence-electron chi connectivity index (χ2n) is 14.4. The first kappa shape index (κ1) is 30.2. The highest BCUT2D eigenvalue weighted by Crippen LogP contribution is 2.54. The van der Waals surface area contributed by atoms with Crippen molar-refractivity contribution in [2.75, 3.05) is 0 Å². The van der Waals surface area contributed by atoms with E-state index in [4.69, 9.17) is 15.0 Å². The summed E-state index contributed by atoms with van der Waals surface area (Å²) in [5, 5.41) is 4.89. The van der Waals surface area contributed by atoms with Crippen molar-refractivity contribution in [3.8, 4) is 51.0 Å². The molecule has 0 atom stereocenters. The molecular formula is C48H32N4S. The highest BCUT2D eigenvalue weighted by molar-refractivity contribution is 7.26. The molecule has 5 heteroatoms. The van der Waals surface area contributed by atoms with Crippen LogP contribution in [0.15, 0.2) is 158 Å². The maximum Gasteiger partial charge on any atom is 0.164 e. The van der Waals surface area contributed by atoms with E-state index in [1.54, 1.807) is 0 Å². The summed E-state index contributed by atoms with van der Waals surface area (Å²) in [5.74, 6) is 1.98. The molecule has 4 nitrogen and oxygen atoms in total. The van der Waals surface area contributed by atoms with Gasteiger partial charge in [-0.1, -0.05) is 147 Å². The van der Waals surface area contributed by atoms with E-state index in [9.17, 15) is 0 Å². The number of rotatable bonds is 4. The Kier molecular flexibility index (Phi) is 6.43. The third-order valence-electron chi connectivity index (χ3n) is 11.0. The lowest BCUT2D eigenvalue weighted by Crippen LogP contribution is -2.16. The highest BCUT2D eigenvalue weighted by atomic mass is 32.1. The van der Waals surface area contributed by atoms with Gasteiger partial charge >= 0.3 is 0 Å². The summed E-state index contributed by atoms with van der Waals surface area (Å²) in [5.41, 5.74) is 11.8. The minimum Gasteiger partial charge on any atom is -0.307 e. The quantitative estimate of drug-likeness (QED) is 0.184. The number of benzene rings is 7. The van der Waals surface area contributed by atoms with Crippen LogP contribution in [0, 0.1) is 0 Å². The van der Waals surface area contributed by atoms with Crippen LogP contribution in [0.3, 0.4) is 0 Å². The van der Waals surface area contributed by atoms with Gasteiger partial charge in [0, 0.05) is 48.4 Å². The lowest BCUT2D eigenvalue weighted by atomic mass is 9.81. The molecule has 0 N–H and O–H groups in total. The zero-order valence-corrected chi connectivity index (χ0v) is 30.0. The molecule has 0 aliphatic heterocycles. The molecule has 0 unspecified atom stereocenters. The summed E-state index contributed by atoms with van der Waals surface area (Å²) in [6, 6.07) is 56.1. The number of para-hydroxylation sites is 1. The fourth-order valence-electron chi connectivity index (χ4n) is 8.67. The molecule has 0 spiro atoms. The van der Waals surface area contributed by atoms with Crippen LogP contribution in [0.4, 0.5) is 0 Å². The summed E-state index contributed by atoms with van der Waals surface area (Å²) in [7, 11) is 0. The summed E-state index contributed by atoms with van der Waals surface area (Å²) in [6.07, 6.45) is 0. The highest BCUT2D eigenvalue weighted by Gasteiger charge is 2.38. The van der Waals surface area contributed by atoms with Gasteiger partial charge in [0.15, 0.2) is 17.5 Å². The first-order valence-electron chi connectivity index (χ1n) is 18.0. The topological polar surface area (TPSA) is 43.6 Å². The van der Waals surface area contributed by atoms with E-state index in [0.29, 0.717) is 17.5 Å². The van der Waals surface area contributed by atoms with E-state index in [1.807, 2.05) is 47.7 Å². The van der Waals surface area contributed by atoms with Crippen LogP contribution >= 0.6 is 11.3 Å². The lowest BCUT2D eigenvalue weighted by molar-refractivity contribution is 0.664. The van der Waals surface area contributed by atoms with Gasteiger partial charge in [0.1, 0.15) is 0 Å². The Morgan fingerprint density at radius 1 is 0.491 bits per heavy atom. The Balaban J connectivity index is 1.24. The van der Waals surface area contributed by atoms with Gasteiger partial charge in [-0.05, 0) is 46.5 Å². The van der Waals surface area contributed by atoms with Crippen LogP contribution in [-0.4, -0.2) is 19.5 Å². The van der Waals surface area contributed by atoms with Crippen LogP contribution in [0.25, 0.3) is 93.0 Å². The number of hydrogen-bond acceptors (Lipinski definition) is 4. The number of hydrogen-bond donors (Lipinski definition) is 0. The maximum atomic E-state index is 5.19. The molecule has 53 heavy (non-hydrogen) atoms. The molecule has 0 radical (unpaired) electrons. The molecule has 11 rings (SSSR count). The van der Waals surface area contributed by atoms with E-state index in [1.165, 1.54) is 58.8 Å². The van der Waals surface area contributed by atoms with Crippen molar-refractivity contribution in [1.29, 1.82) is 0 Å². The van der Waals surface area contributed by atoms with Crippen LogP contribution < -0.4 is 0 Å². The molecule has 0 saturated heterocycles. The molecule has 250 valence electrons. The normalized spacial score (nSPS) is 13.2. The van der Waals surface area contributed by atoms with Crippen molar-refractivity contribution in [2.24, 2.45) is 0 Å². The smallest absolute Gasteiger partial charge is 0.164 e. The van der Waals surface area contributed by atoms with E-state index in [-0.39, 0.29) is 5.41 Å². The molecule has 1 aliphatic rings. The Morgan fingerprint density at radius 2 is 1.09 bits per heavy atom. The standard InChI is InChI=1S/C48H32N4S/c1-48(2)37-22-12-9-19-31(37)33-25-26-34-32-20-10-13-23-38(32)52(43(34)42(33)48)39-28-27-36(41-35-21-11-14-24-40(35)53-44(39)41)47-50-45(29-15-5-3-6-16-29)49-46(51-47)30-17-7-4-8-18-30/h3-28H,1-2H3. The van der Waals surface area contributed by atoms with Crippen LogP contribution in [-0.2, 0) is 5.41 Å². The fraction of sp³-hybridized carbons (Fsp3) is 0.0625. The van der Waals surface area contributed by atoms with Crippen molar-refractivity contribution < 1.29 is 0 Å². The first-order valence-corrected chi connectivity index (χ1v) is 18.9. The maximum absolute atomic E-state index is 5.19. The van der Waals surface area contributed by atoms with E-state index in [0.717, 1.165) is 27.8 Å². The Hall–Kier alpha value is -6.43. The number of thiophene rings is 1. The molecule has 0 bridgehead atoms. The average Bonchev–Trinajstić information content (AvgIpc) is 3.84. The van der Waals surface area contributed by atoms with Crippen molar-refractivity contribution in [3.05, 3.63) is 169 Å². The van der Waals surface area contributed by atoms with Gasteiger partial charge in [-0.3, -0.25) is 0 Å². The largest absolute Gasteiger partial charge is 0.307 e. The minimum absolute atomic E-state index is 0.177. The van der Waals surface area contributed by atoms with Crippen molar-refractivity contribution in [2.45, 2.75) is 19.3 Å². The Morgan fingerprint density at radius 3 is 1.85 bits per heavy atom. The number of aromatic nitrogens is 4. The lowest BCUT2D eigenvalue weighted by Gasteiger charge is -2.24. The zero-order chi connectivity index (χ0) is 35.3. The van der Waals surface area contributed by atoms with Gasteiger partial charge in [-0.15, -0.1) is 11.3 Å². The van der Waals surface area contributed by atoms with E-state index in [2.05, 4.69) is 140 Å². The first-order chi connectivity index (χ1) is 26.1. The summed E-state index contributed by atoms with van der Waals surface area (Å²) in [4.78, 5) is 15.4. The second kappa shape index (κ2) is 11.3. The predicted molar refractivity (Wildman–Crippen MR) is 221 cm³/mol. The van der Waals surface area contributed by atoms with E-state index >= 15 is 0 Å². The Bertz CT molecular complexity index is 3020. The Labute approximate surface area is 310 Å². The summed E-state index contributed by atoms with van der Waals surface area (Å²) < 4.78 is 4.98. The van der Waals surface area contributed by atoms with Gasteiger partial charge in [-0.25, -0.2) is 15.0 Å². The van der Waals surface area contributed by atoms with Crippen molar-refractivity contribution >= 4 is 53.3 Å². The van der Waals surface area contributed by atoms with Gasteiger partial charge < -0.3 is 4.57 Å². The third-order valence-corrected chi connectivity index (χ3v) is 12.2. The molecule has 0 saturated carbocycles. The summed E-state index contributed by atoms with van der Waals surface area (Å²) in [6.45, 7) is 4.76. The second-order valence-corrected chi connectivity index (χ2v) is 15.4. The molecule has 0 amide bonds. The molecule has 10 aromatic rings. The number of fused-ring (bicyclic) bond motifs is 10. The minimum atomic E-state index is -0.177. The fourth-order valence-corrected chi connectivity index (χ4v) is 9.90. The van der Waals surface area contributed by atoms with Gasteiger partial charge in [0.05, 0.1) is 21.4 Å². The van der Waals surface area contributed by atoms with Crippen LogP contribution in [0.2, 0.25) is 0 Å². The molecule has 0 fully saturated rings. The molecular weight excluding hydrogens is 665 g/mol. The number of nitrogens with zero attached hydrogens (tertiary/aromatic N) is 4. The van der Waals surface area contributed by atoms with Gasteiger partial charge in [0.25, 0.3) is 0 Å². The monoisotopic (exact) mass is 696 g/mol. The van der Waals surface area contributed by atoms with Gasteiger partial charge in [0.2, 0.25) is 0 Å². The molecule has 3 aromatic heterocycles. The van der Waals surface area contributed by atoms with Crippen molar-refractivity contribution in [1.82, 2.24) is 19.5 Å². The SMILES string of the molecule is CC1(C)c2ccccc2-c2ccc3c4ccccc4n(-c4ccc(-c5nc(-c6ccccc6)nc(-c6ccccc6)n5)c5c4sc4ccccc45)c3c21.